The average Bonchev–Trinajstić information content (AvgIpc) is 2.87. The van der Waals surface area contributed by atoms with E-state index in [2.05, 4.69) is 10.1 Å². The Kier molecular flexibility index (Phi) is 2.92. The molecule has 0 fully saturated rings. The molecule has 2 rings (SSSR count). The normalized spacial score (nSPS) is 11.1. The first-order valence-electron chi connectivity index (χ1n) is 4.76. The summed E-state index contributed by atoms with van der Waals surface area (Å²) in [6, 6.07) is 0. The molecule has 0 aromatic carbocycles. The summed E-state index contributed by atoms with van der Waals surface area (Å²) in [4.78, 5) is 13.6. The SMILES string of the molecule is Nc1c([N+](=O)[O-])cnn1Cc1nccn1C(F)F. The van der Waals surface area contributed by atoms with Crippen LogP contribution in [-0.4, -0.2) is 24.3 Å². The van der Waals surface area contributed by atoms with E-state index in [1.54, 1.807) is 0 Å². The number of nitro groups is 1. The number of nitrogen functional groups attached to an aromatic ring is 1. The number of hydrogen-bond donors (Lipinski definition) is 1. The summed E-state index contributed by atoms with van der Waals surface area (Å²) in [5.74, 6) is -0.196. The van der Waals surface area contributed by atoms with Gasteiger partial charge in [-0.3, -0.25) is 14.7 Å². The van der Waals surface area contributed by atoms with Crippen molar-refractivity contribution in [3.05, 3.63) is 34.5 Å². The lowest BCUT2D eigenvalue weighted by atomic mass is 10.5. The van der Waals surface area contributed by atoms with Crippen LogP contribution in [0.2, 0.25) is 0 Å². The first-order valence-corrected chi connectivity index (χ1v) is 4.76. The molecule has 0 aliphatic heterocycles. The summed E-state index contributed by atoms with van der Waals surface area (Å²) in [6.45, 7) is -2.91. The minimum atomic E-state index is -2.74. The van der Waals surface area contributed by atoms with Gasteiger partial charge in [0.1, 0.15) is 18.6 Å². The van der Waals surface area contributed by atoms with E-state index in [0.717, 1.165) is 17.1 Å². The molecule has 18 heavy (non-hydrogen) atoms. The quantitative estimate of drug-likeness (QED) is 0.650. The molecule has 96 valence electrons. The molecule has 0 aliphatic carbocycles. The molecule has 0 atom stereocenters. The predicted molar refractivity (Wildman–Crippen MR) is 55.9 cm³/mol. The fraction of sp³-hybridized carbons (Fsp3) is 0.250. The van der Waals surface area contributed by atoms with E-state index in [-0.39, 0.29) is 23.9 Å². The number of alkyl halides is 2. The molecule has 0 unspecified atom stereocenters. The first kappa shape index (κ1) is 12.0. The van der Waals surface area contributed by atoms with E-state index in [9.17, 15) is 18.9 Å². The molecular weight excluding hydrogens is 250 g/mol. The van der Waals surface area contributed by atoms with Gasteiger partial charge in [0, 0.05) is 12.4 Å². The lowest BCUT2D eigenvalue weighted by molar-refractivity contribution is -0.384. The summed E-state index contributed by atoms with van der Waals surface area (Å²) in [6.07, 6.45) is 3.27. The van der Waals surface area contributed by atoms with Crippen molar-refractivity contribution in [3.8, 4) is 0 Å². The van der Waals surface area contributed by atoms with Crippen molar-refractivity contribution in [2.45, 2.75) is 13.1 Å². The van der Waals surface area contributed by atoms with Crippen LogP contribution in [0.1, 0.15) is 12.4 Å². The van der Waals surface area contributed by atoms with E-state index >= 15 is 0 Å². The molecule has 8 nitrogen and oxygen atoms in total. The Morgan fingerprint density at radius 3 is 2.83 bits per heavy atom. The van der Waals surface area contributed by atoms with E-state index < -0.39 is 11.5 Å². The Labute approximate surface area is 98.8 Å². The van der Waals surface area contributed by atoms with Gasteiger partial charge in [-0.1, -0.05) is 0 Å². The van der Waals surface area contributed by atoms with Crippen LogP contribution in [0.3, 0.4) is 0 Å². The third-order valence-electron chi connectivity index (χ3n) is 2.31. The molecule has 0 spiro atoms. The highest BCUT2D eigenvalue weighted by Gasteiger charge is 2.19. The molecule has 0 saturated heterocycles. The van der Waals surface area contributed by atoms with Crippen LogP contribution in [0, 0.1) is 10.1 Å². The third kappa shape index (κ3) is 1.99. The number of anilines is 1. The van der Waals surface area contributed by atoms with Gasteiger partial charge in [0.05, 0.1) is 4.92 Å². The summed E-state index contributed by atoms with van der Waals surface area (Å²) in [5.41, 5.74) is 5.11. The first-order chi connectivity index (χ1) is 8.50. The number of imidazole rings is 1. The van der Waals surface area contributed by atoms with Crippen molar-refractivity contribution in [2.75, 3.05) is 5.73 Å². The summed E-state index contributed by atoms with van der Waals surface area (Å²) in [7, 11) is 0. The molecule has 2 N–H and O–H groups in total. The van der Waals surface area contributed by atoms with Crippen LogP contribution in [0.15, 0.2) is 18.6 Å². The molecule has 2 aromatic heterocycles. The zero-order valence-corrected chi connectivity index (χ0v) is 8.90. The van der Waals surface area contributed by atoms with E-state index in [0.29, 0.717) is 4.57 Å². The van der Waals surface area contributed by atoms with Gasteiger partial charge in [-0.05, 0) is 0 Å². The monoisotopic (exact) mass is 258 g/mol. The number of aromatic nitrogens is 4. The number of rotatable bonds is 4. The van der Waals surface area contributed by atoms with Crippen LogP contribution in [0.4, 0.5) is 20.3 Å². The van der Waals surface area contributed by atoms with Crippen LogP contribution < -0.4 is 5.73 Å². The zero-order valence-electron chi connectivity index (χ0n) is 8.90. The Morgan fingerprint density at radius 1 is 1.56 bits per heavy atom. The van der Waals surface area contributed by atoms with Crippen LogP contribution in [0.5, 0.6) is 0 Å². The maximum Gasteiger partial charge on any atom is 0.330 e. The summed E-state index contributed by atoms with van der Waals surface area (Å²) < 4.78 is 26.8. The van der Waals surface area contributed by atoms with Gasteiger partial charge in [0.2, 0.25) is 5.82 Å². The van der Waals surface area contributed by atoms with Crippen LogP contribution >= 0.6 is 0 Å². The average molecular weight is 258 g/mol. The lowest BCUT2D eigenvalue weighted by Crippen LogP contribution is -2.12. The van der Waals surface area contributed by atoms with Gasteiger partial charge in [-0.15, -0.1) is 0 Å². The number of nitrogens with two attached hydrogens (primary N) is 1. The second kappa shape index (κ2) is 4.39. The summed E-state index contributed by atoms with van der Waals surface area (Å²) >= 11 is 0. The molecule has 2 aromatic rings. The van der Waals surface area contributed by atoms with Crippen molar-refractivity contribution in [1.82, 2.24) is 19.3 Å². The fourth-order valence-corrected chi connectivity index (χ4v) is 1.43. The largest absolute Gasteiger partial charge is 0.378 e. The number of hydrogen-bond acceptors (Lipinski definition) is 5. The highest BCUT2D eigenvalue weighted by atomic mass is 19.3. The van der Waals surface area contributed by atoms with E-state index in [1.807, 2.05) is 0 Å². The molecule has 0 radical (unpaired) electrons. The zero-order chi connectivity index (χ0) is 13.3. The highest BCUT2D eigenvalue weighted by molar-refractivity contribution is 5.51. The Morgan fingerprint density at radius 2 is 2.28 bits per heavy atom. The minimum Gasteiger partial charge on any atom is -0.378 e. The fourth-order valence-electron chi connectivity index (χ4n) is 1.43. The van der Waals surface area contributed by atoms with E-state index in [1.165, 1.54) is 6.20 Å². The molecular formula is C8H8F2N6O2. The minimum absolute atomic E-state index is 0.00898. The van der Waals surface area contributed by atoms with Crippen LogP contribution in [-0.2, 0) is 6.54 Å². The van der Waals surface area contributed by atoms with Crippen molar-refractivity contribution in [3.63, 3.8) is 0 Å². The molecule has 10 heteroatoms. The second-order valence-corrected chi connectivity index (χ2v) is 3.36. The van der Waals surface area contributed by atoms with Crippen molar-refractivity contribution in [1.29, 1.82) is 0 Å². The predicted octanol–water partition coefficient (Wildman–Crippen LogP) is 1.01. The van der Waals surface area contributed by atoms with Gasteiger partial charge in [-0.2, -0.15) is 13.9 Å². The van der Waals surface area contributed by atoms with Gasteiger partial charge in [-0.25, -0.2) is 9.67 Å². The third-order valence-corrected chi connectivity index (χ3v) is 2.31. The van der Waals surface area contributed by atoms with Gasteiger partial charge in [0.15, 0.2) is 0 Å². The highest BCUT2D eigenvalue weighted by Crippen LogP contribution is 2.21. The number of halogens is 2. The van der Waals surface area contributed by atoms with Gasteiger partial charge >= 0.3 is 12.2 Å². The maximum absolute atomic E-state index is 12.6. The van der Waals surface area contributed by atoms with Gasteiger partial charge < -0.3 is 5.73 Å². The lowest BCUT2D eigenvalue weighted by Gasteiger charge is -2.06. The molecule has 0 bridgehead atoms. The van der Waals surface area contributed by atoms with Crippen molar-refractivity contribution in [2.24, 2.45) is 0 Å². The topological polar surface area (TPSA) is 105 Å². The second-order valence-electron chi connectivity index (χ2n) is 3.36. The molecule has 0 aliphatic rings. The smallest absolute Gasteiger partial charge is 0.330 e. The molecule has 0 saturated carbocycles. The van der Waals surface area contributed by atoms with Crippen LogP contribution in [0.25, 0.3) is 0 Å². The molecule has 0 amide bonds. The van der Waals surface area contributed by atoms with Crippen molar-refractivity contribution >= 4 is 11.5 Å². The van der Waals surface area contributed by atoms with E-state index in [4.69, 9.17) is 5.73 Å². The van der Waals surface area contributed by atoms with Crippen molar-refractivity contribution < 1.29 is 13.7 Å². The number of nitrogens with zero attached hydrogens (tertiary/aromatic N) is 5. The molecule has 2 heterocycles. The Bertz CT molecular complexity index is 578. The van der Waals surface area contributed by atoms with Gasteiger partial charge in [0.25, 0.3) is 0 Å². The standard InChI is InChI=1S/C8H8F2N6O2/c9-8(10)14-2-1-12-6(14)4-15-7(11)5(3-13-15)16(17)18/h1-3,8H,4,11H2. The Balaban J connectivity index is 2.29. The maximum atomic E-state index is 12.6. The summed E-state index contributed by atoms with van der Waals surface area (Å²) in [5, 5.41) is 14.2. The Hall–Kier alpha value is -2.52.